The Morgan fingerprint density at radius 2 is 1.93 bits per heavy atom. The maximum Gasteiger partial charge on any atom is 0.229 e. The number of carbonyl (C=O) groups excluding carboxylic acids is 1. The summed E-state index contributed by atoms with van der Waals surface area (Å²) < 4.78 is 0. The Labute approximate surface area is 90.1 Å². The average Bonchev–Trinajstić information content (AvgIpc) is 2.19. The first-order valence-electron chi connectivity index (χ1n) is 4.91. The van der Waals surface area contributed by atoms with Crippen LogP contribution in [0.25, 0.3) is 0 Å². The molecule has 0 saturated carbocycles. The van der Waals surface area contributed by atoms with Gasteiger partial charge in [-0.3, -0.25) is 4.79 Å². The third-order valence-electron chi connectivity index (χ3n) is 2.62. The van der Waals surface area contributed by atoms with E-state index in [1.807, 2.05) is 30.3 Å². The standard InChI is InChI=1S/C12H15ClO/c1-3-9(2)11(12(13)14)10-7-5-4-6-8-10/h4-9,11H,3H2,1-2H3/t9-,11+/m0/s1. The molecule has 1 nitrogen and oxygen atoms in total. The van der Waals surface area contributed by atoms with Gasteiger partial charge in [0.2, 0.25) is 5.24 Å². The molecule has 0 fully saturated rings. The minimum Gasteiger partial charge on any atom is -0.281 e. The number of carbonyl (C=O) groups is 1. The number of rotatable bonds is 4. The summed E-state index contributed by atoms with van der Waals surface area (Å²) in [6.07, 6.45) is 0.956. The van der Waals surface area contributed by atoms with Crippen molar-refractivity contribution in [2.75, 3.05) is 0 Å². The van der Waals surface area contributed by atoms with Crippen molar-refractivity contribution in [1.82, 2.24) is 0 Å². The lowest BCUT2D eigenvalue weighted by atomic mass is 9.87. The summed E-state index contributed by atoms with van der Waals surface area (Å²) in [7, 11) is 0. The fourth-order valence-corrected chi connectivity index (χ4v) is 1.92. The predicted molar refractivity (Wildman–Crippen MR) is 59.5 cm³/mol. The highest BCUT2D eigenvalue weighted by Gasteiger charge is 2.23. The van der Waals surface area contributed by atoms with Gasteiger partial charge in [0.05, 0.1) is 5.92 Å². The molecule has 0 aliphatic rings. The Kier molecular flexibility index (Phi) is 4.15. The van der Waals surface area contributed by atoms with Gasteiger partial charge in [-0.25, -0.2) is 0 Å². The highest BCUT2D eigenvalue weighted by Crippen LogP contribution is 2.28. The molecule has 0 unspecified atom stereocenters. The molecule has 0 aromatic heterocycles. The lowest BCUT2D eigenvalue weighted by Gasteiger charge is -2.19. The van der Waals surface area contributed by atoms with E-state index >= 15 is 0 Å². The fourth-order valence-electron chi connectivity index (χ4n) is 1.58. The first-order chi connectivity index (χ1) is 6.66. The second-order valence-corrected chi connectivity index (χ2v) is 3.95. The Morgan fingerprint density at radius 1 is 1.36 bits per heavy atom. The molecule has 2 atom stereocenters. The van der Waals surface area contributed by atoms with Gasteiger partial charge in [-0.05, 0) is 23.1 Å². The normalized spacial score (nSPS) is 14.8. The van der Waals surface area contributed by atoms with Crippen molar-refractivity contribution in [2.24, 2.45) is 5.92 Å². The van der Waals surface area contributed by atoms with Crippen molar-refractivity contribution in [3.05, 3.63) is 35.9 Å². The second kappa shape index (κ2) is 5.16. The summed E-state index contributed by atoms with van der Waals surface area (Å²) in [5.74, 6) is 0.130. The van der Waals surface area contributed by atoms with Gasteiger partial charge in [0, 0.05) is 0 Å². The molecule has 0 radical (unpaired) electrons. The van der Waals surface area contributed by atoms with Crippen molar-refractivity contribution in [2.45, 2.75) is 26.2 Å². The molecule has 0 aliphatic carbocycles. The predicted octanol–water partition coefficient (Wildman–Crippen LogP) is 3.58. The zero-order chi connectivity index (χ0) is 10.6. The fraction of sp³-hybridized carbons (Fsp3) is 0.417. The van der Waals surface area contributed by atoms with E-state index in [0.717, 1.165) is 12.0 Å². The molecular formula is C12H15ClO. The van der Waals surface area contributed by atoms with E-state index in [0.29, 0.717) is 5.92 Å². The molecule has 0 N–H and O–H groups in total. The molecule has 1 aromatic rings. The highest BCUT2D eigenvalue weighted by atomic mass is 35.5. The largest absolute Gasteiger partial charge is 0.281 e. The molecule has 0 amide bonds. The van der Waals surface area contributed by atoms with Crippen molar-refractivity contribution in [3.8, 4) is 0 Å². The summed E-state index contributed by atoms with van der Waals surface area (Å²) in [5, 5.41) is -0.259. The molecular weight excluding hydrogens is 196 g/mol. The topological polar surface area (TPSA) is 17.1 Å². The minimum atomic E-state index is -0.259. The zero-order valence-corrected chi connectivity index (χ0v) is 9.29. The van der Waals surface area contributed by atoms with Gasteiger partial charge in [0.25, 0.3) is 0 Å². The zero-order valence-electron chi connectivity index (χ0n) is 8.53. The van der Waals surface area contributed by atoms with E-state index in [4.69, 9.17) is 11.6 Å². The third kappa shape index (κ3) is 2.58. The van der Waals surface area contributed by atoms with Crippen molar-refractivity contribution in [1.29, 1.82) is 0 Å². The van der Waals surface area contributed by atoms with Gasteiger partial charge >= 0.3 is 0 Å². The van der Waals surface area contributed by atoms with E-state index in [-0.39, 0.29) is 11.2 Å². The molecule has 2 heteroatoms. The molecule has 1 rings (SSSR count). The van der Waals surface area contributed by atoms with Crippen LogP contribution in [0.2, 0.25) is 0 Å². The Bertz CT molecular complexity index is 294. The molecule has 0 spiro atoms. The van der Waals surface area contributed by atoms with Crippen molar-refractivity contribution >= 4 is 16.8 Å². The SMILES string of the molecule is CC[C@H](C)[C@@H](C(=O)Cl)c1ccccc1. The van der Waals surface area contributed by atoms with Crippen LogP contribution >= 0.6 is 11.6 Å². The molecule has 0 heterocycles. The quantitative estimate of drug-likeness (QED) is 0.695. The van der Waals surface area contributed by atoms with Gasteiger partial charge in [0.15, 0.2) is 0 Å². The van der Waals surface area contributed by atoms with E-state index in [1.165, 1.54) is 0 Å². The third-order valence-corrected chi connectivity index (χ3v) is 2.85. The monoisotopic (exact) mass is 210 g/mol. The van der Waals surface area contributed by atoms with Crippen LogP contribution in [0.3, 0.4) is 0 Å². The van der Waals surface area contributed by atoms with Crippen LogP contribution in [-0.2, 0) is 4.79 Å². The number of hydrogen-bond donors (Lipinski definition) is 0. The smallest absolute Gasteiger partial charge is 0.229 e. The maximum atomic E-state index is 11.3. The first kappa shape index (κ1) is 11.3. The van der Waals surface area contributed by atoms with E-state index in [9.17, 15) is 4.79 Å². The van der Waals surface area contributed by atoms with Crippen LogP contribution in [0, 0.1) is 5.92 Å². The number of halogens is 1. The van der Waals surface area contributed by atoms with Crippen LogP contribution in [-0.4, -0.2) is 5.24 Å². The molecule has 0 aliphatic heterocycles. The Hall–Kier alpha value is -0.820. The number of hydrogen-bond acceptors (Lipinski definition) is 1. The lowest BCUT2D eigenvalue weighted by molar-refractivity contribution is -0.114. The average molecular weight is 211 g/mol. The van der Waals surface area contributed by atoms with Crippen LogP contribution in [0.1, 0.15) is 31.7 Å². The van der Waals surface area contributed by atoms with E-state index < -0.39 is 0 Å². The van der Waals surface area contributed by atoms with Gasteiger partial charge in [-0.1, -0.05) is 50.6 Å². The first-order valence-corrected chi connectivity index (χ1v) is 5.29. The minimum absolute atomic E-state index is 0.164. The summed E-state index contributed by atoms with van der Waals surface area (Å²) in [4.78, 5) is 11.3. The molecule has 76 valence electrons. The van der Waals surface area contributed by atoms with Gasteiger partial charge in [-0.2, -0.15) is 0 Å². The summed E-state index contributed by atoms with van der Waals surface area (Å²) >= 11 is 5.61. The van der Waals surface area contributed by atoms with E-state index in [2.05, 4.69) is 13.8 Å². The van der Waals surface area contributed by atoms with Crippen LogP contribution in [0.5, 0.6) is 0 Å². The summed E-state index contributed by atoms with van der Waals surface area (Å²) in [5.41, 5.74) is 1.02. The van der Waals surface area contributed by atoms with Crippen LogP contribution < -0.4 is 0 Å². The van der Waals surface area contributed by atoms with E-state index in [1.54, 1.807) is 0 Å². The Morgan fingerprint density at radius 3 is 2.36 bits per heavy atom. The maximum absolute atomic E-state index is 11.3. The van der Waals surface area contributed by atoms with Crippen LogP contribution in [0.15, 0.2) is 30.3 Å². The highest BCUT2D eigenvalue weighted by molar-refractivity contribution is 6.64. The second-order valence-electron chi connectivity index (χ2n) is 3.58. The Balaban J connectivity index is 2.95. The molecule has 1 aromatic carbocycles. The van der Waals surface area contributed by atoms with Crippen LogP contribution in [0.4, 0.5) is 0 Å². The molecule has 14 heavy (non-hydrogen) atoms. The van der Waals surface area contributed by atoms with Gasteiger partial charge < -0.3 is 0 Å². The van der Waals surface area contributed by atoms with Gasteiger partial charge in [0.1, 0.15) is 0 Å². The molecule has 0 bridgehead atoms. The lowest BCUT2D eigenvalue weighted by Crippen LogP contribution is -2.15. The summed E-state index contributed by atoms with van der Waals surface area (Å²) in [6, 6.07) is 9.72. The van der Waals surface area contributed by atoms with Crippen molar-refractivity contribution in [3.63, 3.8) is 0 Å². The summed E-state index contributed by atoms with van der Waals surface area (Å²) in [6.45, 7) is 4.12. The van der Waals surface area contributed by atoms with Gasteiger partial charge in [-0.15, -0.1) is 0 Å². The van der Waals surface area contributed by atoms with Crippen molar-refractivity contribution < 1.29 is 4.79 Å². The number of benzene rings is 1. The molecule has 0 saturated heterocycles.